The van der Waals surface area contributed by atoms with Crippen LogP contribution in [0.2, 0.25) is 0 Å². The molecule has 4 nitrogen and oxygen atoms in total. The highest BCUT2D eigenvalue weighted by atomic mass is 32.2. The van der Waals surface area contributed by atoms with Crippen LogP contribution in [-0.4, -0.2) is 18.0 Å². The van der Waals surface area contributed by atoms with Crippen LogP contribution in [0.5, 0.6) is 0 Å². The summed E-state index contributed by atoms with van der Waals surface area (Å²) in [6.45, 7) is 1.52. The molecule has 0 aromatic heterocycles. The molecule has 5 heteroatoms. The molecule has 0 saturated heterocycles. The van der Waals surface area contributed by atoms with E-state index in [2.05, 4.69) is 34.5 Å². The van der Waals surface area contributed by atoms with Crippen molar-refractivity contribution >= 4 is 23.1 Å². The van der Waals surface area contributed by atoms with E-state index in [1.54, 1.807) is 6.21 Å². The molecule has 0 amide bonds. The van der Waals surface area contributed by atoms with Crippen LogP contribution in [0.1, 0.15) is 48.8 Å². The van der Waals surface area contributed by atoms with E-state index in [9.17, 15) is 0 Å². The Kier molecular flexibility index (Phi) is 8.59. The molecule has 1 saturated carbocycles. The van der Waals surface area contributed by atoms with Gasteiger partial charge >= 0.3 is 0 Å². The summed E-state index contributed by atoms with van der Waals surface area (Å²) in [5, 5.41) is 8.67. The quantitative estimate of drug-likeness (QED) is 0.371. The fraction of sp³-hybridized carbons (Fsp3) is 0.391. The summed E-state index contributed by atoms with van der Waals surface area (Å²) in [4.78, 5) is 0. The van der Waals surface area contributed by atoms with E-state index < -0.39 is 0 Å². The minimum Gasteiger partial charge on any atom is -0.377 e. The van der Waals surface area contributed by atoms with E-state index in [1.165, 1.54) is 49.4 Å². The molecule has 0 spiro atoms. The zero-order chi connectivity index (χ0) is 19.4. The van der Waals surface area contributed by atoms with Crippen LogP contribution >= 0.6 is 11.8 Å². The monoisotopic (exact) mass is 395 g/mol. The number of rotatable bonds is 8. The molecule has 1 aliphatic rings. The lowest BCUT2D eigenvalue weighted by molar-refractivity contribution is 0.0739. The maximum absolute atomic E-state index is 5.94. The molecular weight excluding hydrogens is 366 g/mol. The lowest BCUT2D eigenvalue weighted by Gasteiger charge is -2.21. The summed E-state index contributed by atoms with van der Waals surface area (Å²) < 4.78 is 5.94. The fourth-order valence-corrected chi connectivity index (χ4v) is 3.99. The average Bonchev–Trinajstić information content (AvgIpc) is 2.74. The maximum Gasteiger partial charge on any atom is 0.180 e. The van der Waals surface area contributed by atoms with Gasteiger partial charge in [0.2, 0.25) is 0 Å². The lowest BCUT2D eigenvalue weighted by Crippen LogP contribution is -2.13. The third-order valence-corrected chi connectivity index (χ3v) is 5.75. The van der Waals surface area contributed by atoms with Crippen LogP contribution in [0.4, 0.5) is 0 Å². The van der Waals surface area contributed by atoms with E-state index in [-0.39, 0.29) is 0 Å². The van der Waals surface area contributed by atoms with Gasteiger partial charge < -0.3 is 10.5 Å². The van der Waals surface area contributed by atoms with Crippen molar-refractivity contribution in [1.29, 1.82) is 0 Å². The molecule has 0 atom stereocenters. The Morgan fingerprint density at radius 3 is 2.64 bits per heavy atom. The first-order valence-electron chi connectivity index (χ1n) is 9.99. The highest BCUT2D eigenvalue weighted by Crippen LogP contribution is 2.24. The van der Waals surface area contributed by atoms with Crippen molar-refractivity contribution in [3.05, 3.63) is 71.3 Å². The van der Waals surface area contributed by atoms with Crippen molar-refractivity contribution in [2.24, 2.45) is 21.9 Å². The van der Waals surface area contributed by atoms with E-state index in [4.69, 9.17) is 10.5 Å². The number of thioether (sulfide) groups is 1. The molecule has 2 N–H and O–H groups in total. The van der Waals surface area contributed by atoms with Crippen LogP contribution in [0.25, 0.3) is 0 Å². The standard InChI is InChI=1S/C23H29N3OS/c24-23(28-18-20-10-5-2-6-11-20)26-25-15-21-12-7-13-22(14-21)17-27-16-19-8-3-1-4-9-19/h2,5-7,10-15,19H,1,3-4,8-9,16-18H2,(H2,24,26). The number of benzene rings is 2. The number of hydrogen-bond acceptors (Lipinski definition) is 4. The van der Waals surface area contributed by atoms with Gasteiger partial charge in [-0.15, -0.1) is 5.10 Å². The predicted molar refractivity (Wildman–Crippen MR) is 120 cm³/mol. The molecule has 1 aliphatic carbocycles. The topological polar surface area (TPSA) is 60.0 Å². The van der Waals surface area contributed by atoms with Crippen molar-refractivity contribution in [2.75, 3.05) is 6.61 Å². The molecule has 148 valence electrons. The van der Waals surface area contributed by atoms with Gasteiger partial charge in [0.15, 0.2) is 5.17 Å². The molecule has 2 aromatic carbocycles. The number of nitrogens with zero attached hydrogens (tertiary/aromatic N) is 2. The van der Waals surface area contributed by atoms with Gasteiger partial charge in [-0.05, 0) is 41.5 Å². The van der Waals surface area contributed by atoms with E-state index in [0.717, 1.165) is 29.4 Å². The summed E-state index contributed by atoms with van der Waals surface area (Å²) in [7, 11) is 0. The molecule has 28 heavy (non-hydrogen) atoms. The summed E-state index contributed by atoms with van der Waals surface area (Å²) in [6.07, 6.45) is 8.46. The average molecular weight is 396 g/mol. The van der Waals surface area contributed by atoms with Crippen molar-refractivity contribution in [3.63, 3.8) is 0 Å². The highest BCUT2D eigenvalue weighted by Gasteiger charge is 2.13. The summed E-state index contributed by atoms with van der Waals surface area (Å²) in [6, 6.07) is 18.4. The molecule has 1 fully saturated rings. The second kappa shape index (κ2) is 11.7. The number of hydrogen-bond donors (Lipinski definition) is 1. The Bertz CT molecular complexity index is 770. The van der Waals surface area contributed by atoms with Crippen LogP contribution in [0.15, 0.2) is 64.8 Å². The largest absolute Gasteiger partial charge is 0.377 e. The van der Waals surface area contributed by atoms with Gasteiger partial charge in [-0.2, -0.15) is 5.10 Å². The molecule has 0 radical (unpaired) electrons. The van der Waals surface area contributed by atoms with Gasteiger partial charge in [0.25, 0.3) is 0 Å². The third-order valence-electron chi connectivity index (χ3n) is 4.89. The Hall–Kier alpha value is -2.11. The Morgan fingerprint density at radius 1 is 1.04 bits per heavy atom. The Labute approximate surface area is 172 Å². The molecule has 3 rings (SSSR count). The zero-order valence-corrected chi connectivity index (χ0v) is 17.1. The first-order valence-corrected chi connectivity index (χ1v) is 11.0. The summed E-state index contributed by atoms with van der Waals surface area (Å²) in [5.41, 5.74) is 9.31. The van der Waals surface area contributed by atoms with Gasteiger partial charge in [0, 0.05) is 12.4 Å². The van der Waals surface area contributed by atoms with E-state index in [1.807, 2.05) is 30.3 Å². The molecule has 2 aromatic rings. The minimum absolute atomic E-state index is 0.465. The van der Waals surface area contributed by atoms with Crippen LogP contribution in [0, 0.1) is 5.92 Å². The Balaban J connectivity index is 1.43. The molecule has 0 unspecified atom stereocenters. The molecule has 0 aliphatic heterocycles. The van der Waals surface area contributed by atoms with Crippen molar-refractivity contribution in [2.45, 2.75) is 44.5 Å². The fourth-order valence-electron chi connectivity index (χ4n) is 3.37. The van der Waals surface area contributed by atoms with Gasteiger partial charge in [-0.3, -0.25) is 0 Å². The van der Waals surface area contributed by atoms with Crippen molar-refractivity contribution < 1.29 is 4.74 Å². The SMILES string of the molecule is NC(=NN=Cc1cccc(COCC2CCCCC2)c1)SCc1ccccc1. The summed E-state index contributed by atoms with van der Waals surface area (Å²) >= 11 is 1.49. The predicted octanol–water partition coefficient (Wildman–Crippen LogP) is 5.37. The number of amidine groups is 1. The maximum atomic E-state index is 5.94. The second-order valence-corrected chi connectivity index (χ2v) is 8.22. The Morgan fingerprint density at radius 2 is 1.82 bits per heavy atom. The van der Waals surface area contributed by atoms with Gasteiger partial charge in [-0.25, -0.2) is 0 Å². The second-order valence-electron chi connectivity index (χ2n) is 7.22. The van der Waals surface area contributed by atoms with Gasteiger partial charge in [0.1, 0.15) is 0 Å². The third kappa shape index (κ3) is 7.49. The van der Waals surface area contributed by atoms with Gasteiger partial charge in [0.05, 0.1) is 12.8 Å². The first-order chi connectivity index (χ1) is 13.8. The smallest absolute Gasteiger partial charge is 0.180 e. The van der Waals surface area contributed by atoms with Gasteiger partial charge in [-0.1, -0.05) is 79.6 Å². The van der Waals surface area contributed by atoms with Crippen LogP contribution < -0.4 is 5.73 Å². The number of ether oxygens (including phenoxy) is 1. The van der Waals surface area contributed by atoms with E-state index in [0.29, 0.717) is 11.8 Å². The highest BCUT2D eigenvalue weighted by molar-refractivity contribution is 8.13. The minimum atomic E-state index is 0.465. The summed E-state index contributed by atoms with van der Waals surface area (Å²) in [5.74, 6) is 1.53. The zero-order valence-electron chi connectivity index (χ0n) is 16.3. The van der Waals surface area contributed by atoms with Crippen molar-refractivity contribution in [1.82, 2.24) is 0 Å². The molecular formula is C23H29N3OS. The van der Waals surface area contributed by atoms with Crippen LogP contribution in [0.3, 0.4) is 0 Å². The first kappa shape index (κ1) is 20.6. The molecule has 0 heterocycles. The number of nitrogens with two attached hydrogens (primary N) is 1. The lowest BCUT2D eigenvalue weighted by atomic mass is 9.90. The van der Waals surface area contributed by atoms with Crippen molar-refractivity contribution in [3.8, 4) is 0 Å². The molecule has 0 bridgehead atoms. The van der Waals surface area contributed by atoms with Crippen LogP contribution in [-0.2, 0) is 17.1 Å². The normalized spacial score (nSPS) is 15.9. The van der Waals surface area contributed by atoms with E-state index >= 15 is 0 Å².